The van der Waals surface area contributed by atoms with E-state index in [1.54, 1.807) is 0 Å². The van der Waals surface area contributed by atoms with Crippen LogP contribution in [-0.2, 0) is 10.0 Å². The fourth-order valence-corrected chi connectivity index (χ4v) is 4.00. The van der Waals surface area contributed by atoms with E-state index in [4.69, 9.17) is 0 Å². The van der Waals surface area contributed by atoms with Gasteiger partial charge in [0.2, 0.25) is 0 Å². The third kappa shape index (κ3) is 4.33. The van der Waals surface area contributed by atoms with Crippen LogP contribution < -0.4 is 4.72 Å². The van der Waals surface area contributed by atoms with Gasteiger partial charge >= 0.3 is 0 Å². The second-order valence-electron chi connectivity index (χ2n) is 6.43. The van der Waals surface area contributed by atoms with Crippen LogP contribution in [0.1, 0.15) is 18.5 Å². The van der Waals surface area contributed by atoms with E-state index in [0.29, 0.717) is 31.5 Å². The van der Waals surface area contributed by atoms with Crippen LogP contribution in [0, 0.1) is 17.5 Å². The average molecular weight is 415 g/mol. The van der Waals surface area contributed by atoms with Gasteiger partial charge in [-0.05, 0) is 37.6 Å². The van der Waals surface area contributed by atoms with Crippen molar-refractivity contribution in [3.63, 3.8) is 0 Å². The number of piperidine rings is 1. The van der Waals surface area contributed by atoms with E-state index in [0.717, 1.165) is 0 Å². The Kier molecular flexibility index (Phi) is 5.71. The molecule has 5 nitrogen and oxygen atoms in total. The summed E-state index contributed by atoms with van der Waals surface area (Å²) in [5.41, 5.74) is 0.487. The molecule has 2 aromatic rings. The summed E-state index contributed by atoms with van der Waals surface area (Å²) in [7, 11) is -2.81. The monoisotopic (exact) mass is 415 g/mol. The predicted octanol–water partition coefficient (Wildman–Crippen LogP) is 3.71. The van der Waals surface area contributed by atoms with Gasteiger partial charge < -0.3 is 4.90 Å². The minimum atomic E-state index is -4.74. The summed E-state index contributed by atoms with van der Waals surface area (Å²) in [6.07, 6.45) is 1.04. The van der Waals surface area contributed by atoms with Crippen molar-refractivity contribution in [2.45, 2.75) is 17.7 Å². The summed E-state index contributed by atoms with van der Waals surface area (Å²) >= 11 is 0. The van der Waals surface area contributed by atoms with Crippen LogP contribution in [0.2, 0.25) is 0 Å². The molecule has 1 N–H and O–H groups in total. The molecule has 1 aliphatic rings. The summed E-state index contributed by atoms with van der Waals surface area (Å²) in [6, 6.07) is 4.47. The summed E-state index contributed by atoms with van der Waals surface area (Å²) in [5, 5.41) is 0. The minimum absolute atomic E-state index is 0.0835. The predicted molar refractivity (Wildman–Crippen MR) is 96.1 cm³/mol. The topological polar surface area (TPSA) is 62.3 Å². The molecule has 0 unspecified atom stereocenters. The Morgan fingerprint density at radius 1 is 1.11 bits per heavy atom. The molecule has 1 saturated heterocycles. The highest BCUT2D eigenvalue weighted by molar-refractivity contribution is 7.92. The van der Waals surface area contributed by atoms with Crippen molar-refractivity contribution in [1.29, 1.82) is 0 Å². The summed E-state index contributed by atoms with van der Waals surface area (Å²) < 4.78 is 81.8. The average Bonchev–Trinajstić information content (AvgIpc) is 2.60. The van der Waals surface area contributed by atoms with Crippen LogP contribution in [0.15, 0.2) is 40.8 Å². The maximum absolute atomic E-state index is 14.7. The second-order valence-corrected chi connectivity index (χ2v) is 8.05. The van der Waals surface area contributed by atoms with Crippen LogP contribution in [0.25, 0.3) is 5.83 Å². The molecule has 10 heteroatoms. The summed E-state index contributed by atoms with van der Waals surface area (Å²) in [5.74, 6) is -5.28. The molecule has 0 spiro atoms. The van der Waals surface area contributed by atoms with Crippen molar-refractivity contribution in [2.24, 2.45) is 0 Å². The van der Waals surface area contributed by atoms with Crippen LogP contribution in [0.3, 0.4) is 0 Å². The van der Waals surface area contributed by atoms with Gasteiger partial charge in [0.15, 0.2) is 4.90 Å². The zero-order valence-electron chi connectivity index (χ0n) is 14.8. The summed E-state index contributed by atoms with van der Waals surface area (Å²) in [6.45, 7) is 1.39. The maximum atomic E-state index is 14.7. The molecule has 28 heavy (non-hydrogen) atoms. The smallest absolute Gasteiger partial charge is 0.268 e. The van der Waals surface area contributed by atoms with Crippen molar-refractivity contribution < 1.29 is 26.0 Å². The molecule has 1 aliphatic heterocycles. The van der Waals surface area contributed by atoms with Gasteiger partial charge in [-0.1, -0.05) is 6.07 Å². The van der Waals surface area contributed by atoms with Crippen LogP contribution in [-0.4, -0.2) is 38.4 Å². The van der Waals surface area contributed by atoms with Crippen molar-refractivity contribution in [2.75, 3.05) is 24.9 Å². The number of anilines is 1. The van der Waals surface area contributed by atoms with Gasteiger partial charge in [-0.15, -0.1) is 0 Å². The number of hydrogen-bond donors (Lipinski definition) is 1. The first kappa shape index (κ1) is 20.3. The Morgan fingerprint density at radius 2 is 1.71 bits per heavy atom. The third-order valence-corrected chi connectivity index (χ3v) is 5.75. The van der Waals surface area contributed by atoms with Crippen LogP contribution in [0.4, 0.5) is 23.4 Å². The molecule has 2 heterocycles. The fraction of sp³-hybridized carbons (Fsp3) is 0.278. The molecule has 3 rings (SSSR count). The second kappa shape index (κ2) is 7.88. The first-order valence-electron chi connectivity index (χ1n) is 8.38. The first-order chi connectivity index (χ1) is 13.2. The minimum Gasteiger partial charge on any atom is -0.306 e. The number of sulfonamides is 1. The van der Waals surface area contributed by atoms with E-state index in [1.165, 1.54) is 18.2 Å². The van der Waals surface area contributed by atoms with E-state index >= 15 is 0 Å². The molecule has 0 aliphatic carbocycles. The van der Waals surface area contributed by atoms with Crippen LogP contribution >= 0.6 is 0 Å². The number of halogens is 4. The Bertz CT molecular complexity index is 1010. The Labute approximate surface area is 159 Å². The highest BCUT2D eigenvalue weighted by Crippen LogP contribution is 2.28. The standard InChI is InChI=1S/C18H17F4N3O2S/c1-25-7-5-11(6-8-25)17(22)15-3-2-4-16(23-15)24-28(26,27)18-13(20)9-12(19)10-14(18)21/h2-4,9-10H,5-8H2,1H3,(H,23,24). The molecule has 1 aromatic heterocycles. The first-order valence-corrected chi connectivity index (χ1v) is 9.86. The van der Waals surface area contributed by atoms with Crippen molar-refractivity contribution in [1.82, 2.24) is 9.88 Å². The van der Waals surface area contributed by atoms with E-state index < -0.39 is 38.2 Å². The molecule has 0 saturated carbocycles. The van der Waals surface area contributed by atoms with E-state index in [1.807, 2.05) is 11.8 Å². The molecule has 0 bridgehead atoms. The number of nitrogens with one attached hydrogen (secondary N) is 1. The number of benzene rings is 1. The maximum Gasteiger partial charge on any atom is 0.268 e. The van der Waals surface area contributed by atoms with E-state index in [2.05, 4.69) is 9.88 Å². The molecule has 1 aromatic carbocycles. The van der Waals surface area contributed by atoms with Crippen molar-refractivity contribution in [3.8, 4) is 0 Å². The quantitative estimate of drug-likeness (QED) is 0.774. The van der Waals surface area contributed by atoms with Gasteiger partial charge in [0.25, 0.3) is 10.0 Å². The molecule has 0 atom stereocenters. The Morgan fingerprint density at radius 3 is 2.32 bits per heavy atom. The molecular weight excluding hydrogens is 398 g/mol. The van der Waals surface area contributed by atoms with E-state index in [-0.39, 0.29) is 23.6 Å². The van der Waals surface area contributed by atoms with Gasteiger partial charge in [0.05, 0.1) is 0 Å². The zero-order chi connectivity index (χ0) is 20.5. The third-order valence-electron chi connectivity index (χ3n) is 4.35. The number of pyridine rings is 1. The largest absolute Gasteiger partial charge is 0.306 e. The Balaban J connectivity index is 1.90. The lowest BCUT2D eigenvalue weighted by Crippen LogP contribution is -2.26. The number of nitrogens with zero attached hydrogens (tertiary/aromatic N) is 2. The lowest BCUT2D eigenvalue weighted by molar-refractivity contribution is 0.311. The SMILES string of the molecule is CN1CCC(=C(F)c2cccc(NS(=O)(=O)c3c(F)cc(F)cc3F)n2)CC1. The fourth-order valence-electron chi connectivity index (χ4n) is 2.88. The number of likely N-dealkylation sites (tertiary alicyclic amines) is 1. The van der Waals surface area contributed by atoms with Crippen molar-refractivity contribution in [3.05, 3.63) is 59.1 Å². The molecular formula is C18H17F4N3O2S. The number of hydrogen-bond acceptors (Lipinski definition) is 4. The number of rotatable bonds is 4. The van der Waals surface area contributed by atoms with Gasteiger partial charge in [-0.25, -0.2) is 31.0 Å². The number of aromatic nitrogens is 1. The van der Waals surface area contributed by atoms with Crippen LogP contribution in [0.5, 0.6) is 0 Å². The molecule has 1 fully saturated rings. The van der Waals surface area contributed by atoms with Crippen molar-refractivity contribution >= 4 is 21.7 Å². The lowest BCUT2D eigenvalue weighted by Gasteiger charge is -2.24. The Hall–Kier alpha value is -2.46. The summed E-state index contributed by atoms with van der Waals surface area (Å²) in [4.78, 5) is 4.62. The highest BCUT2D eigenvalue weighted by Gasteiger charge is 2.26. The van der Waals surface area contributed by atoms with Gasteiger partial charge in [0.1, 0.15) is 34.8 Å². The van der Waals surface area contributed by atoms with Gasteiger partial charge in [-0.2, -0.15) is 0 Å². The molecule has 0 amide bonds. The lowest BCUT2D eigenvalue weighted by atomic mass is 10.0. The van der Waals surface area contributed by atoms with E-state index in [9.17, 15) is 26.0 Å². The molecule has 0 radical (unpaired) electrons. The zero-order valence-corrected chi connectivity index (χ0v) is 15.7. The highest BCUT2D eigenvalue weighted by atomic mass is 32.2. The molecule has 150 valence electrons. The van der Waals surface area contributed by atoms with Gasteiger partial charge in [0, 0.05) is 25.2 Å². The normalized spacial score (nSPS) is 15.5. The van der Waals surface area contributed by atoms with Gasteiger partial charge in [-0.3, -0.25) is 4.72 Å².